The van der Waals surface area contributed by atoms with Crippen LogP contribution in [0, 0.1) is 0 Å². The zero-order valence-electron chi connectivity index (χ0n) is 17.8. The normalized spacial score (nSPS) is 11.3. The van der Waals surface area contributed by atoms with Crippen molar-refractivity contribution in [2.45, 2.75) is 39.3 Å². The van der Waals surface area contributed by atoms with E-state index < -0.39 is 11.6 Å². The van der Waals surface area contributed by atoms with E-state index in [4.69, 9.17) is 13.9 Å². The van der Waals surface area contributed by atoms with Crippen LogP contribution in [0.15, 0.2) is 59.2 Å². The number of fused-ring (bicyclic) bond motifs is 1. The molecule has 0 aliphatic rings. The summed E-state index contributed by atoms with van der Waals surface area (Å²) in [6.45, 7) is 5.70. The molecule has 3 rings (SSSR count). The summed E-state index contributed by atoms with van der Waals surface area (Å²) in [5.41, 5.74) is 2.00. The molecule has 1 aromatic heterocycles. The molecular formula is C24H27NO5. The molecule has 6 nitrogen and oxygen atoms in total. The van der Waals surface area contributed by atoms with E-state index in [-0.39, 0.29) is 18.9 Å². The highest BCUT2D eigenvalue weighted by Crippen LogP contribution is 2.22. The van der Waals surface area contributed by atoms with Gasteiger partial charge in [-0.3, -0.25) is 4.79 Å². The Balaban J connectivity index is 1.57. The van der Waals surface area contributed by atoms with Crippen molar-refractivity contribution in [1.82, 2.24) is 4.90 Å². The molecule has 0 bridgehead atoms. The second-order valence-corrected chi connectivity index (χ2v) is 8.21. The maximum Gasteiger partial charge on any atom is 0.344 e. The number of carbonyl (C=O) groups excluding carboxylic acids is 2. The fraction of sp³-hybridized carbons (Fsp3) is 0.333. The van der Waals surface area contributed by atoms with Crippen LogP contribution in [0.3, 0.4) is 0 Å². The van der Waals surface area contributed by atoms with Crippen LogP contribution in [0.5, 0.6) is 5.75 Å². The fourth-order valence-corrected chi connectivity index (χ4v) is 3.08. The number of carbonyl (C=O) groups is 2. The number of nitrogens with zero attached hydrogens (tertiary/aromatic N) is 1. The SMILES string of the molecule is CN(Cc1cccc(OCC(=O)OC(C)(C)C)c1)C(=O)Cc1coc2ccccc12. The van der Waals surface area contributed by atoms with Gasteiger partial charge in [-0.15, -0.1) is 0 Å². The Bertz CT molecular complexity index is 1030. The molecule has 1 heterocycles. The number of rotatable bonds is 7. The molecule has 2 aromatic carbocycles. The molecule has 158 valence electrons. The number of amides is 1. The molecule has 0 fully saturated rings. The number of hydrogen-bond acceptors (Lipinski definition) is 5. The molecule has 3 aromatic rings. The summed E-state index contributed by atoms with van der Waals surface area (Å²) in [5, 5.41) is 0.955. The number of esters is 1. The maximum atomic E-state index is 12.7. The largest absolute Gasteiger partial charge is 0.482 e. The summed E-state index contributed by atoms with van der Waals surface area (Å²) in [7, 11) is 1.76. The van der Waals surface area contributed by atoms with E-state index in [1.54, 1.807) is 24.3 Å². The van der Waals surface area contributed by atoms with Crippen LogP contribution in [0.4, 0.5) is 0 Å². The van der Waals surface area contributed by atoms with Gasteiger partial charge < -0.3 is 18.8 Å². The number of benzene rings is 2. The molecule has 30 heavy (non-hydrogen) atoms. The second-order valence-electron chi connectivity index (χ2n) is 8.21. The quantitative estimate of drug-likeness (QED) is 0.543. The minimum absolute atomic E-state index is 0.0124. The smallest absolute Gasteiger partial charge is 0.344 e. The lowest BCUT2D eigenvalue weighted by atomic mass is 10.1. The van der Waals surface area contributed by atoms with E-state index in [0.717, 1.165) is 22.1 Å². The molecule has 0 saturated carbocycles. The van der Waals surface area contributed by atoms with E-state index >= 15 is 0 Å². The topological polar surface area (TPSA) is 69.0 Å². The van der Waals surface area contributed by atoms with E-state index in [2.05, 4.69) is 0 Å². The van der Waals surface area contributed by atoms with Crippen LogP contribution >= 0.6 is 0 Å². The van der Waals surface area contributed by atoms with Crippen molar-refractivity contribution in [2.24, 2.45) is 0 Å². The van der Waals surface area contributed by atoms with E-state index in [1.165, 1.54) is 0 Å². The number of furan rings is 1. The fourth-order valence-electron chi connectivity index (χ4n) is 3.08. The summed E-state index contributed by atoms with van der Waals surface area (Å²) in [6, 6.07) is 15.0. The number of hydrogen-bond donors (Lipinski definition) is 0. The molecule has 0 unspecified atom stereocenters. The zero-order valence-corrected chi connectivity index (χ0v) is 17.8. The zero-order chi connectivity index (χ0) is 21.7. The predicted octanol–water partition coefficient (Wildman–Crippen LogP) is 4.35. The number of likely N-dealkylation sites (N-methyl/N-ethyl adjacent to an activating group) is 1. The summed E-state index contributed by atoms with van der Waals surface area (Å²) < 4.78 is 16.3. The first-order valence-corrected chi connectivity index (χ1v) is 9.84. The lowest BCUT2D eigenvalue weighted by Crippen LogP contribution is -2.28. The molecule has 0 aliphatic carbocycles. The Morgan fingerprint density at radius 3 is 2.60 bits per heavy atom. The third-order valence-electron chi connectivity index (χ3n) is 4.42. The lowest BCUT2D eigenvalue weighted by molar-refractivity contribution is -0.157. The van der Waals surface area contributed by atoms with Crippen LogP contribution in [-0.4, -0.2) is 36.0 Å². The molecule has 6 heteroatoms. The third-order valence-corrected chi connectivity index (χ3v) is 4.42. The van der Waals surface area contributed by atoms with Crippen molar-refractivity contribution in [2.75, 3.05) is 13.7 Å². The van der Waals surface area contributed by atoms with Gasteiger partial charge in [0.25, 0.3) is 0 Å². The molecule has 0 atom stereocenters. The monoisotopic (exact) mass is 409 g/mol. The Morgan fingerprint density at radius 2 is 1.83 bits per heavy atom. The van der Waals surface area contributed by atoms with E-state index in [0.29, 0.717) is 12.3 Å². The third kappa shape index (κ3) is 5.86. The van der Waals surface area contributed by atoms with E-state index in [9.17, 15) is 9.59 Å². The molecule has 0 spiro atoms. The van der Waals surface area contributed by atoms with Crippen LogP contribution in [0.2, 0.25) is 0 Å². The minimum atomic E-state index is -0.550. The van der Waals surface area contributed by atoms with Crippen LogP contribution in [-0.2, 0) is 27.3 Å². The van der Waals surface area contributed by atoms with Crippen molar-refractivity contribution in [3.63, 3.8) is 0 Å². The number of ether oxygens (including phenoxy) is 2. The average Bonchev–Trinajstić information content (AvgIpc) is 3.08. The van der Waals surface area contributed by atoms with Crippen molar-refractivity contribution < 1.29 is 23.5 Å². The minimum Gasteiger partial charge on any atom is -0.482 e. The Hall–Kier alpha value is -3.28. The predicted molar refractivity (Wildman–Crippen MR) is 114 cm³/mol. The maximum absolute atomic E-state index is 12.7. The highest BCUT2D eigenvalue weighted by Gasteiger charge is 2.17. The molecule has 0 N–H and O–H groups in total. The van der Waals surface area contributed by atoms with Gasteiger partial charge in [0, 0.05) is 24.5 Å². The molecule has 0 aliphatic heterocycles. The summed E-state index contributed by atoms with van der Waals surface area (Å²) in [4.78, 5) is 26.2. The van der Waals surface area contributed by atoms with Crippen LogP contribution in [0.1, 0.15) is 31.9 Å². The van der Waals surface area contributed by atoms with Gasteiger partial charge in [-0.1, -0.05) is 30.3 Å². The number of para-hydroxylation sites is 1. The second kappa shape index (κ2) is 9.03. The van der Waals surface area contributed by atoms with Crippen molar-refractivity contribution in [3.8, 4) is 5.75 Å². The Labute approximate surface area is 176 Å². The van der Waals surface area contributed by atoms with Gasteiger partial charge >= 0.3 is 5.97 Å². The standard InChI is InChI=1S/C24H27NO5/c1-24(2,3)30-23(27)16-28-19-9-7-8-17(12-19)14-25(4)22(26)13-18-15-29-21-11-6-5-10-20(18)21/h5-12,15H,13-14,16H2,1-4H3. The Morgan fingerprint density at radius 1 is 1.07 bits per heavy atom. The first kappa shape index (κ1) is 21.4. The molecular weight excluding hydrogens is 382 g/mol. The van der Waals surface area contributed by atoms with Crippen molar-refractivity contribution in [1.29, 1.82) is 0 Å². The highest BCUT2D eigenvalue weighted by molar-refractivity contribution is 5.87. The summed E-state index contributed by atoms with van der Waals surface area (Å²) in [5.74, 6) is 0.120. The van der Waals surface area contributed by atoms with Gasteiger partial charge in [0.15, 0.2) is 6.61 Å². The van der Waals surface area contributed by atoms with Crippen molar-refractivity contribution >= 4 is 22.8 Å². The first-order valence-electron chi connectivity index (χ1n) is 9.84. The average molecular weight is 409 g/mol. The summed E-state index contributed by atoms with van der Waals surface area (Å²) >= 11 is 0. The Kier molecular flexibility index (Phi) is 6.45. The van der Waals surface area contributed by atoms with Gasteiger partial charge in [0.05, 0.1) is 12.7 Å². The van der Waals surface area contributed by atoms with Gasteiger partial charge in [0.2, 0.25) is 5.91 Å². The van der Waals surface area contributed by atoms with Gasteiger partial charge in [-0.2, -0.15) is 0 Å². The van der Waals surface area contributed by atoms with Crippen molar-refractivity contribution in [3.05, 3.63) is 65.9 Å². The molecule has 0 saturated heterocycles. The van der Waals surface area contributed by atoms with Gasteiger partial charge in [0.1, 0.15) is 16.9 Å². The molecule has 1 amide bonds. The summed E-state index contributed by atoms with van der Waals surface area (Å²) in [6.07, 6.45) is 1.91. The lowest BCUT2D eigenvalue weighted by Gasteiger charge is -2.20. The van der Waals surface area contributed by atoms with Crippen LogP contribution < -0.4 is 4.74 Å². The van der Waals surface area contributed by atoms with E-state index in [1.807, 2.05) is 63.2 Å². The van der Waals surface area contributed by atoms with Gasteiger partial charge in [-0.25, -0.2) is 4.79 Å². The van der Waals surface area contributed by atoms with Gasteiger partial charge in [-0.05, 0) is 44.5 Å². The van der Waals surface area contributed by atoms with Crippen LogP contribution in [0.25, 0.3) is 11.0 Å². The molecule has 0 radical (unpaired) electrons. The highest BCUT2D eigenvalue weighted by atomic mass is 16.6. The first-order chi connectivity index (χ1) is 14.2.